The Balaban J connectivity index is 1.35. The van der Waals surface area contributed by atoms with Gasteiger partial charge in [0.25, 0.3) is 5.56 Å². The summed E-state index contributed by atoms with van der Waals surface area (Å²) >= 11 is 0. The molecule has 3 aliphatic heterocycles. The zero-order chi connectivity index (χ0) is 24.9. The largest absolute Gasteiger partial charge is 0.381 e. The first-order valence-electron chi connectivity index (χ1n) is 12.9. The number of rotatable bonds is 1. The van der Waals surface area contributed by atoms with Gasteiger partial charge < -0.3 is 25.2 Å². The highest BCUT2D eigenvalue weighted by molar-refractivity contribution is 5.85. The summed E-state index contributed by atoms with van der Waals surface area (Å²) in [6.07, 6.45) is 2.84. The van der Waals surface area contributed by atoms with E-state index in [9.17, 15) is 4.79 Å². The van der Waals surface area contributed by atoms with Crippen molar-refractivity contribution in [1.29, 1.82) is 0 Å². The van der Waals surface area contributed by atoms with Gasteiger partial charge in [-0.3, -0.25) is 9.36 Å². The maximum absolute atomic E-state index is 14.0. The average molecular weight is 496 g/mol. The molecule has 0 spiro atoms. The van der Waals surface area contributed by atoms with Crippen LogP contribution in [0.4, 0.5) is 34.4 Å². The van der Waals surface area contributed by atoms with Gasteiger partial charge in [0.2, 0.25) is 5.95 Å². The first-order chi connectivity index (χ1) is 18.2. The molecule has 188 valence electrons. The number of ether oxygens (including phenoxy) is 1. The Hall–Kier alpha value is -4.11. The smallest absolute Gasteiger partial charge is 0.276 e. The fourth-order valence-electron chi connectivity index (χ4n) is 5.69. The van der Waals surface area contributed by atoms with E-state index >= 15 is 0 Å². The zero-order valence-corrected chi connectivity index (χ0v) is 20.8. The van der Waals surface area contributed by atoms with E-state index in [0.717, 1.165) is 54.1 Å². The molecule has 0 aliphatic carbocycles. The van der Waals surface area contributed by atoms with E-state index in [1.54, 1.807) is 10.8 Å². The summed E-state index contributed by atoms with van der Waals surface area (Å²) in [6.45, 7) is 6.81. The second-order valence-electron chi connectivity index (χ2n) is 9.82. The molecule has 37 heavy (non-hydrogen) atoms. The first kappa shape index (κ1) is 22.1. The maximum Gasteiger partial charge on any atom is 0.276 e. The molecule has 0 radical (unpaired) electrons. The molecule has 3 aliphatic rings. The van der Waals surface area contributed by atoms with E-state index in [2.05, 4.69) is 62.7 Å². The van der Waals surface area contributed by atoms with E-state index in [1.807, 2.05) is 12.1 Å². The van der Waals surface area contributed by atoms with E-state index in [0.29, 0.717) is 43.6 Å². The standard InChI is InChI=1S/C28H29N7O2/c1-18-3-2-4-22-25(18)29-8-10-34(22)24-15-20-17-30-28-31-21-6-5-19-7-9-33(23(19)16-21)11-13-37-14-12-35(27(24)36)26(20)32-28/h2-6,15-17,29H,7-14H2,1H3,(H,30,31,32). The quantitative estimate of drug-likeness (QED) is 0.412. The monoisotopic (exact) mass is 495 g/mol. The summed E-state index contributed by atoms with van der Waals surface area (Å²) in [6, 6.07) is 14.5. The highest BCUT2D eigenvalue weighted by atomic mass is 16.5. The van der Waals surface area contributed by atoms with Crippen LogP contribution in [0.1, 0.15) is 11.1 Å². The van der Waals surface area contributed by atoms with Crippen molar-refractivity contribution in [2.24, 2.45) is 0 Å². The van der Waals surface area contributed by atoms with Crippen molar-refractivity contribution in [3.8, 4) is 0 Å². The number of aromatic nitrogens is 3. The van der Waals surface area contributed by atoms with Crippen LogP contribution in [0, 0.1) is 6.92 Å². The number of hydrogen-bond acceptors (Lipinski definition) is 8. The van der Waals surface area contributed by atoms with E-state index in [4.69, 9.17) is 9.72 Å². The number of fused-ring (bicyclic) bond motifs is 3. The molecule has 4 bridgehead atoms. The van der Waals surface area contributed by atoms with Gasteiger partial charge in [0.15, 0.2) is 0 Å². The molecular weight excluding hydrogens is 466 g/mol. The minimum absolute atomic E-state index is 0.0756. The number of benzene rings is 2. The average Bonchev–Trinajstić information content (AvgIpc) is 3.31. The fraction of sp³-hybridized carbons (Fsp3) is 0.321. The van der Waals surface area contributed by atoms with Gasteiger partial charge in [0, 0.05) is 49.1 Å². The van der Waals surface area contributed by atoms with Gasteiger partial charge in [0.1, 0.15) is 11.3 Å². The van der Waals surface area contributed by atoms with Gasteiger partial charge in [-0.15, -0.1) is 0 Å². The lowest BCUT2D eigenvalue weighted by Gasteiger charge is -2.33. The highest BCUT2D eigenvalue weighted by Crippen LogP contribution is 2.36. The molecule has 0 amide bonds. The van der Waals surface area contributed by atoms with Crippen LogP contribution in [-0.4, -0.2) is 53.9 Å². The SMILES string of the molecule is Cc1cccc2c1NCCN2c1cc2cnc3nc2n(c1=O)CCOCCN1CCc2ccc(cc21)N3. The molecule has 0 saturated carbocycles. The van der Waals surface area contributed by atoms with Crippen molar-refractivity contribution in [1.82, 2.24) is 14.5 Å². The third kappa shape index (κ3) is 3.77. The van der Waals surface area contributed by atoms with Crippen molar-refractivity contribution in [3.05, 3.63) is 70.1 Å². The van der Waals surface area contributed by atoms with E-state index in [1.165, 1.54) is 11.3 Å². The Bertz CT molecular complexity index is 1580. The van der Waals surface area contributed by atoms with Crippen LogP contribution in [0.25, 0.3) is 11.0 Å². The van der Waals surface area contributed by atoms with Gasteiger partial charge in [-0.2, -0.15) is 4.98 Å². The lowest BCUT2D eigenvalue weighted by atomic mass is 10.1. The second kappa shape index (κ2) is 8.77. The predicted octanol–water partition coefficient (Wildman–Crippen LogP) is 3.80. The number of aryl methyl sites for hydroxylation is 1. The molecule has 2 aromatic heterocycles. The van der Waals surface area contributed by atoms with Crippen LogP contribution in [-0.2, 0) is 17.7 Å². The second-order valence-corrected chi connectivity index (χ2v) is 9.82. The Morgan fingerprint density at radius 3 is 2.84 bits per heavy atom. The third-order valence-corrected chi connectivity index (χ3v) is 7.58. The number of para-hydroxylation sites is 1. The van der Waals surface area contributed by atoms with Crippen molar-refractivity contribution in [3.63, 3.8) is 0 Å². The summed E-state index contributed by atoms with van der Waals surface area (Å²) < 4.78 is 7.78. The molecule has 0 unspecified atom stereocenters. The predicted molar refractivity (Wildman–Crippen MR) is 147 cm³/mol. The van der Waals surface area contributed by atoms with Gasteiger partial charge >= 0.3 is 0 Å². The lowest BCUT2D eigenvalue weighted by Crippen LogP contribution is -2.36. The van der Waals surface area contributed by atoms with Crippen molar-refractivity contribution in [2.75, 3.05) is 59.8 Å². The van der Waals surface area contributed by atoms with Crippen LogP contribution in [0.2, 0.25) is 0 Å². The van der Waals surface area contributed by atoms with Crippen LogP contribution in [0.5, 0.6) is 0 Å². The molecule has 2 N–H and O–H groups in total. The first-order valence-corrected chi connectivity index (χ1v) is 12.9. The molecule has 0 atom stereocenters. The van der Waals surface area contributed by atoms with Crippen LogP contribution >= 0.6 is 0 Å². The summed E-state index contributed by atoms with van der Waals surface area (Å²) in [5.41, 5.74) is 7.92. The third-order valence-electron chi connectivity index (χ3n) is 7.58. The molecule has 0 fully saturated rings. The van der Waals surface area contributed by atoms with Gasteiger partial charge in [-0.05, 0) is 48.7 Å². The molecule has 2 aromatic carbocycles. The van der Waals surface area contributed by atoms with E-state index < -0.39 is 0 Å². The summed E-state index contributed by atoms with van der Waals surface area (Å²) in [5.74, 6) is 0.471. The topological polar surface area (TPSA) is 87.5 Å². The number of hydrogen-bond donors (Lipinski definition) is 2. The highest BCUT2D eigenvalue weighted by Gasteiger charge is 2.24. The van der Waals surface area contributed by atoms with Gasteiger partial charge in [0.05, 0.1) is 31.1 Å². The molecule has 5 heterocycles. The van der Waals surface area contributed by atoms with Crippen LogP contribution in [0.3, 0.4) is 0 Å². The zero-order valence-electron chi connectivity index (χ0n) is 20.8. The summed E-state index contributed by atoms with van der Waals surface area (Å²) in [5, 5.41) is 7.67. The molecule has 9 nitrogen and oxygen atoms in total. The molecular formula is C28H29N7O2. The normalized spacial score (nSPS) is 16.8. The lowest BCUT2D eigenvalue weighted by molar-refractivity contribution is 0.132. The summed E-state index contributed by atoms with van der Waals surface area (Å²) in [7, 11) is 0. The number of nitrogens with one attached hydrogen (secondary N) is 2. The van der Waals surface area contributed by atoms with E-state index in [-0.39, 0.29) is 5.56 Å². The molecule has 0 saturated heterocycles. The van der Waals surface area contributed by atoms with Crippen LogP contribution < -0.4 is 26.0 Å². The Kier molecular flexibility index (Phi) is 5.24. The van der Waals surface area contributed by atoms with Crippen molar-refractivity contribution >= 4 is 45.4 Å². The number of nitrogens with zero attached hydrogens (tertiary/aromatic N) is 5. The molecule has 4 aromatic rings. The van der Waals surface area contributed by atoms with Crippen molar-refractivity contribution in [2.45, 2.75) is 19.9 Å². The Labute approximate surface area is 214 Å². The fourth-order valence-corrected chi connectivity index (χ4v) is 5.69. The van der Waals surface area contributed by atoms with Gasteiger partial charge in [-0.25, -0.2) is 4.98 Å². The maximum atomic E-state index is 14.0. The minimum atomic E-state index is -0.0756. The molecule has 9 heteroatoms. The number of anilines is 6. The summed E-state index contributed by atoms with van der Waals surface area (Å²) in [4.78, 5) is 27.9. The van der Waals surface area contributed by atoms with Crippen LogP contribution in [0.15, 0.2) is 53.5 Å². The minimum Gasteiger partial charge on any atom is -0.381 e. The Morgan fingerprint density at radius 1 is 0.973 bits per heavy atom. The Morgan fingerprint density at radius 2 is 1.89 bits per heavy atom. The van der Waals surface area contributed by atoms with Gasteiger partial charge in [-0.1, -0.05) is 18.2 Å². The van der Waals surface area contributed by atoms with Crippen molar-refractivity contribution < 1.29 is 4.74 Å². The number of pyridine rings is 1. The molecule has 7 rings (SSSR count).